The maximum absolute atomic E-state index is 12.0. The fraction of sp³-hybridized carbons (Fsp3) is 0.429. The second kappa shape index (κ2) is 6.91. The third-order valence-electron chi connectivity index (χ3n) is 2.78. The van der Waals surface area contributed by atoms with E-state index in [0.717, 1.165) is 0 Å². The van der Waals surface area contributed by atoms with E-state index >= 15 is 0 Å². The van der Waals surface area contributed by atoms with Crippen molar-refractivity contribution < 1.29 is 19.4 Å². The number of benzene rings is 1. The number of ether oxygens (including phenoxy) is 1. The van der Waals surface area contributed by atoms with Gasteiger partial charge in [-0.15, -0.1) is 0 Å². The van der Waals surface area contributed by atoms with Crippen molar-refractivity contribution in [3.63, 3.8) is 0 Å². The summed E-state index contributed by atoms with van der Waals surface area (Å²) in [5.41, 5.74) is 5.95. The summed E-state index contributed by atoms with van der Waals surface area (Å²) in [6.45, 7) is 3.92. The largest absolute Gasteiger partial charge is 0.497 e. The molecule has 0 saturated heterocycles. The number of hydrogen-bond acceptors (Lipinski definition) is 4. The standard InChI is InChI=1S/C14H20N2O4/c1-8(2)6-11(15)13(17)16-12-7-9(20-3)4-5-10(12)14(18)19/h4-5,7-8,11H,6,15H2,1-3H3,(H,16,17)(H,18,19). The molecule has 1 unspecified atom stereocenters. The molecule has 1 amide bonds. The summed E-state index contributed by atoms with van der Waals surface area (Å²) in [6, 6.07) is 3.68. The van der Waals surface area contributed by atoms with E-state index in [4.69, 9.17) is 15.6 Å². The SMILES string of the molecule is COc1ccc(C(=O)O)c(NC(=O)C(N)CC(C)C)c1. The molecule has 0 bridgehead atoms. The third kappa shape index (κ3) is 4.24. The molecule has 0 aliphatic carbocycles. The van der Waals surface area contributed by atoms with Crippen LogP contribution in [0.3, 0.4) is 0 Å². The maximum Gasteiger partial charge on any atom is 0.337 e. The molecule has 110 valence electrons. The van der Waals surface area contributed by atoms with Gasteiger partial charge in [0.2, 0.25) is 5.91 Å². The summed E-state index contributed by atoms with van der Waals surface area (Å²) in [4.78, 5) is 23.1. The van der Waals surface area contributed by atoms with E-state index in [1.165, 1.54) is 25.3 Å². The molecule has 0 aromatic heterocycles. The van der Waals surface area contributed by atoms with Crippen LogP contribution in [0.2, 0.25) is 0 Å². The van der Waals surface area contributed by atoms with Crippen LogP contribution >= 0.6 is 0 Å². The molecule has 0 aliphatic heterocycles. The third-order valence-corrected chi connectivity index (χ3v) is 2.78. The molecule has 0 fully saturated rings. The molecule has 0 heterocycles. The maximum atomic E-state index is 12.0. The van der Waals surface area contributed by atoms with E-state index in [9.17, 15) is 9.59 Å². The van der Waals surface area contributed by atoms with Crippen molar-refractivity contribution in [2.75, 3.05) is 12.4 Å². The van der Waals surface area contributed by atoms with E-state index in [2.05, 4.69) is 5.32 Å². The number of hydrogen-bond donors (Lipinski definition) is 3. The Morgan fingerprint density at radius 2 is 2.05 bits per heavy atom. The van der Waals surface area contributed by atoms with Crippen LogP contribution in [0.5, 0.6) is 5.75 Å². The number of rotatable bonds is 6. The average molecular weight is 280 g/mol. The molecular weight excluding hydrogens is 260 g/mol. The highest BCUT2D eigenvalue weighted by Crippen LogP contribution is 2.23. The summed E-state index contributed by atoms with van der Waals surface area (Å²) in [6.07, 6.45) is 0.526. The van der Waals surface area contributed by atoms with Gasteiger partial charge in [0.05, 0.1) is 24.4 Å². The number of nitrogens with two attached hydrogens (primary N) is 1. The molecule has 1 aromatic carbocycles. The molecule has 1 aromatic rings. The second-order valence-corrected chi connectivity index (χ2v) is 4.94. The first-order valence-corrected chi connectivity index (χ1v) is 6.33. The van der Waals surface area contributed by atoms with Crippen LogP contribution in [-0.4, -0.2) is 30.1 Å². The van der Waals surface area contributed by atoms with Crippen LogP contribution in [0.4, 0.5) is 5.69 Å². The number of carbonyl (C=O) groups is 2. The van der Waals surface area contributed by atoms with Gasteiger partial charge in [-0.1, -0.05) is 13.8 Å². The number of carboxylic acid groups (broad SMARTS) is 1. The van der Waals surface area contributed by atoms with Crippen LogP contribution < -0.4 is 15.8 Å². The zero-order valence-electron chi connectivity index (χ0n) is 11.8. The Morgan fingerprint density at radius 3 is 2.55 bits per heavy atom. The molecule has 0 aliphatic rings. The summed E-state index contributed by atoms with van der Waals surface area (Å²) in [5, 5.41) is 11.6. The Labute approximate surface area is 117 Å². The molecular formula is C14H20N2O4. The minimum absolute atomic E-state index is 0.00380. The highest BCUT2D eigenvalue weighted by Gasteiger charge is 2.18. The molecule has 4 N–H and O–H groups in total. The lowest BCUT2D eigenvalue weighted by Gasteiger charge is -2.15. The predicted molar refractivity (Wildman–Crippen MR) is 76.0 cm³/mol. The molecule has 0 radical (unpaired) electrons. The summed E-state index contributed by atoms with van der Waals surface area (Å²) in [5.74, 6) is -0.794. The van der Waals surface area contributed by atoms with Crippen LogP contribution in [0.25, 0.3) is 0 Å². The Morgan fingerprint density at radius 1 is 1.40 bits per heavy atom. The zero-order chi connectivity index (χ0) is 15.3. The Hall–Kier alpha value is -2.08. The lowest BCUT2D eigenvalue weighted by atomic mass is 10.0. The lowest BCUT2D eigenvalue weighted by Crippen LogP contribution is -2.37. The number of amides is 1. The van der Waals surface area contributed by atoms with Gasteiger partial charge in [-0.05, 0) is 24.5 Å². The fourth-order valence-electron chi connectivity index (χ4n) is 1.78. The van der Waals surface area contributed by atoms with Crippen LogP contribution in [-0.2, 0) is 4.79 Å². The number of methoxy groups -OCH3 is 1. The fourth-order valence-corrected chi connectivity index (χ4v) is 1.78. The van der Waals surface area contributed by atoms with Gasteiger partial charge in [-0.25, -0.2) is 4.79 Å². The molecule has 6 nitrogen and oxygen atoms in total. The van der Waals surface area contributed by atoms with Gasteiger partial charge in [-0.2, -0.15) is 0 Å². The highest BCUT2D eigenvalue weighted by molar-refractivity contribution is 6.02. The van der Waals surface area contributed by atoms with Gasteiger partial charge in [0.1, 0.15) is 5.75 Å². The van der Waals surface area contributed by atoms with Gasteiger partial charge < -0.3 is 20.9 Å². The first kappa shape index (κ1) is 16.0. The molecule has 1 rings (SSSR count). The van der Waals surface area contributed by atoms with Crippen molar-refractivity contribution in [3.8, 4) is 5.75 Å². The molecule has 0 spiro atoms. The van der Waals surface area contributed by atoms with Gasteiger partial charge >= 0.3 is 5.97 Å². The minimum atomic E-state index is -1.12. The van der Waals surface area contributed by atoms with Crippen molar-refractivity contribution in [2.24, 2.45) is 11.7 Å². The smallest absolute Gasteiger partial charge is 0.337 e. The molecule has 20 heavy (non-hydrogen) atoms. The van der Waals surface area contributed by atoms with E-state index in [1.54, 1.807) is 0 Å². The van der Waals surface area contributed by atoms with Crippen molar-refractivity contribution in [3.05, 3.63) is 23.8 Å². The van der Waals surface area contributed by atoms with Crippen LogP contribution in [0.15, 0.2) is 18.2 Å². The van der Waals surface area contributed by atoms with E-state index < -0.39 is 17.9 Å². The Balaban J connectivity index is 2.94. The van der Waals surface area contributed by atoms with E-state index in [-0.39, 0.29) is 17.2 Å². The van der Waals surface area contributed by atoms with Crippen LogP contribution in [0, 0.1) is 5.92 Å². The lowest BCUT2D eigenvalue weighted by molar-refractivity contribution is -0.117. The minimum Gasteiger partial charge on any atom is -0.497 e. The number of carbonyl (C=O) groups excluding carboxylic acids is 1. The van der Waals surface area contributed by atoms with Gasteiger partial charge in [0.25, 0.3) is 0 Å². The van der Waals surface area contributed by atoms with Gasteiger partial charge in [0, 0.05) is 6.07 Å². The first-order chi connectivity index (χ1) is 9.35. The first-order valence-electron chi connectivity index (χ1n) is 6.33. The van der Waals surface area contributed by atoms with Crippen molar-refractivity contribution in [1.82, 2.24) is 0 Å². The van der Waals surface area contributed by atoms with Crippen molar-refractivity contribution in [2.45, 2.75) is 26.3 Å². The van der Waals surface area contributed by atoms with E-state index in [1.807, 2.05) is 13.8 Å². The van der Waals surface area contributed by atoms with Gasteiger partial charge in [0.15, 0.2) is 0 Å². The monoisotopic (exact) mass is 280 g/mol. The number of carboxylic acids is 1. The summed E-state index contributed by atoms with van der Waals surface area (Å²) < 4.78 is 5.02. The summed E-state index contributed by atoms with van der Waals surface area (Å²) >= 11 is 0. The molecule has 0 saturated carbocycles. The summed E-state index contributed by atoms with van der Waals surface area (Å²) in [7, 11) is 1.46. The number of nitrogens with one attached hydrogen (secondary N) is 1. The quantitative estimate of drug-likeness (QED) is 0.736. The van der Waals surface area contributed by atoms with E-state index in [0.29, 0.717) is 12.2 Å². The second-order valence-electron chi connectivity index (χ2n) is 4.94. The topological polar surface area (TPSA) is 102 Å². The Bertz CT molecular complexity index is 500. The van der Waals surface area contributed by atoms with Crippen LogP contribution in [0.1, 0.15) is 30.6 Å². The predicted octanol–water partition coefficient (Wildman–Crippen LogP) is 1.71. The Kier molecular flexibility index (Phi) is 5.52. The zero-order valence-corrected chi connectivity index (χ0v) is 11.8. The molecule has 6 heteroatoms. The van der Waals surface area contributed by atoms with Gasteiger partial charge in [-0.3, -0.25) is 4.79 Å². The number of aromatic carboxylic acids is 1. The van der Waals surface area contributed by atoms with Crippen molar-refractivity contribution >= 4 is 17.6 Å². The molecule has 1 atom stereocenters. The number of anilines is 1. The normalized spacial score (nSPS) is 12.1. The van der Waals surface area contributed by atoms with Crippen molar-refractivity contribution in [1.29, 1.82) is 0 Å². The average Bonchev–Trinajstić information content (AvgIpc) is 2.37. The highest BCUT2D eigenvalue weighted by atomic mass is 16.5.